The number of benzene rings is 2. The molecule has 0 amide bonds. The molecule has 0 saturated heterocycles. The number of rotatable bonds is 6. The van der Waals surface area contributed by atoms with Gasteiger partial charge >= 0.3 is 8.60 Å². The Morgan fingerprint density at radius 1 is 0.895 bits per heavy atom. The molecular formula is C14H16NO3P. The molecule has 0 spiro atoms. The van der Waals surface area contributed by atoms with Gasteiger partial charge in [0.05, 0.1) is 6.61 Å². The number of hydrogen-bond donors (Lipinski definition) is 1. The molecule has 0 aliphatic rings. The Balaban J connectivity index is 2.01. The highest BCUT2D eigenvalue weighted by Gasteiger charge is 2.16. The van der Waals surface area contributed by atoms with Crippen LogP contribution in [0.15, 0.2) is 54.6 Å². The van der Waals surface area contributed by atoms with Crippen LogP contribution in [0.4, 0.5) is 5.69 Å². The zero-order valence-corrected chi connectivity index (χ0v) is 11.5. The first-order chi connectivity index (χ1) is 9.28. The summed E-state index contributed by atoms with van der Waals surface area (Å²) in [6.45, 7) is 2.42. The van der Waals surface area contributed by atoms with Crippen LogP contribution < -0.4 is 14.8 Å². The van der Waals surface area contributed by atoms with Crippen LogP contribution in [0.25, 0.3) is 0 Å². The molecule has 2 aromatic rings. The van der Waals surface area contributed by atoms with Gasteiger partial charge in [0.25, 0.3) is 0 Å². The van der Waals surface area contributed by atoms with Crippen molar-refractivity contribution in [2.45, 2.75) is 6.92 Å². The topological polar surface area (TPSA) is 53.7 Å². The van der Waals surface area contributed by atoms with Gasteiger partial charge < -0.3 is 14.8 Å². The third-order valence-corrected chi connectivity index (χ3v) is 3.41. The molecule has 0 bridgehead atoms. The summed E-state index contributed by atoms with van der Waals surface area (Å²) >= 11 is 0. The van der Waals surface area contributed by atoms with Crippen LogP contribution in [0, 0.1) is 0 Å². The van der Waals surface area contributed by atoms with Crippen LogP contribution in [-0.4, -0.2) is 6.61 Å². The Bertz CT molecular complexity index is 490. The molecule has 5 heteroatoms. The van der Waals surface area contributed by atoms with E-state index in [1.54, 1.807) is 24.3 Å². The SMILES string of the molecule is CCOP(Oc1ccccc1)Oc1ccc(N)cc1. The second kappa shape index (κ2) is 6.98. The molecule has 2 rings (SSSR count). The summed E-state index contributed by atoms with van der Waals surface area (Å²) in [7, 11) is -1.46. The number of nitrogens with two attached hydrogens (primary N) is 1. The highest BCUT2D eigenvalue weighted by molar-refractivity contribution is 7.42. The summed E-state index contributed by atoms with van der Waals surface area (Å²) in [5, 5.41) is 0. The van der Waals surface area contributed by atoms with Gasteiger partial charge in [0, 0.05) is 5.69 Å². The zero-order chi connectivity index (χ0) is 13.5. The predicted molar refractivity (Wildman–Crippen MR) is 77.1 cm³/mol. The van der Waals surface area contributed by atoms with Gasteiger partial charge in [-0.25, -0.2) is 0 Å². The van der Waals surface area contributed by atoms with Crippen LogP contribution in [0.5, 0.6) is 11.5 Å². The third-order valence-electron chi connectivity index (χ3n) is 2.22. The minimum atomic E-state index is -1.46. The molecular weight excluding hydrogens is 261 g/mol. The average Bonchev–Trinajstić information content (AvgIpc) is 2.43. The van der Waals surface area contributed by atoms with Crippen molar-refractivity contribution in [2.75, 3.05) is 12.3 Å². The molecule has 0 heterocycles. The van der Waals surface area contributed by atoms with Gasteiger partial charge in [-0.05, 0) is 43.3 Å². The van der Waals surface area contributed by atoms with Gasteiger partial charge in [0.1, 0.15) is 11.5 Å². The van der Waals surface area contributed by atoms with Crippen LogP contribution >= 0.6 is 8.60 Å². The molecule has 0 radical (unpaired) electrons. The molecule has 2 aromatic carbocycles. The van der Waals surface area contributed by atoms with Crippen molar-refractivity contribution in [2.24, 2.45) is 0 Å². The maximum atomic E-state index is 5.68. The number of anilines is 1. The smallest absolute Gasteiger partial charge is 0.418 e. The fourth-order valence-corrected chi connectivity index (χ4v) is 2.30. The molecule has 1 unspecified atom stereocenters. The minimum Gasteiger partial charge on any atom is -0.418 e. The Morgan fingerprint density at radius 3 is 2.05 bits per heavy atom. The second-order valence-electron chi connectivity index (χ2n) is 3.71. The maximum Gasteiger partial charge on any atom is 0.463 e. The number of hydrogen-bond acceptors (Lipinski definition) is 4. The van der Waals surface area contributed by atoms with Gasteiger partial charge in [0.15, 0.2) is 0 Å². The summed E-state index contributed by atoms with van der Waals surface area (Å²) in [4.78, 5) is 0. The highest BCUT2D eigenvalue weighted by atomic mass is 31.2. The molecule has 1 atom stereocenters. The first-order valence-electron chi connectivity index (χ1n) is 5.97. The molecule has 100 valence electrons. The second-order valence-corrected chi connectivity index (χ2v) is 4.78. The summed E-state index contributed by atoms with van der Waals surface area (Å²) in [5.41, 5.74) is 6.32. The quantitative estimate of drug-likeness (QED) is 0.640. The van der Waals surface area contributed by atoms with Gasteiger partial charge in [0.2, 0.25) is 0 Å². The lowest BCUT2D eigenvalue weighted by atomic mass is 10.3. The fourth-order valence-electron chi connectivity index (χ4n) is 1.36. The maximum absolute atomic E-state index is 5.68. The lowest BCUT2D eigenvalue weighted by molar-refractivity contribution is 0.280. The van der Waals surface area contributed by atoms with E-state index in [4.69, 9.17) is 19.3 Å². The summed E-state index contributed by atoms with van der Waals surface area (Å²) in [5.74, 6) is 1.39. The normalized spacial score (nSPS) is 11.8. The molecule has 4 nitrogen and oxygen atoms in total. The van der Waals surface area contributed by atoms with Crippen LogP contribution in [0.3, 0.4) is 0 Å². The summed E-state index contributed by atoms with van der Waals surface area (Å²) in [6.07, 6.45) is 0. The van der Waals surface area contributed by atoms with Crippen LogP contribution in [0.2, 0.25) is 0 Å². The first-order valence-corrected chi connectivity index (χ1v) is 7.07. The van der Waals surface area contributed by atoms with Crippen LogP contribution in [-0.2, 0) is 4.52 Å². The van der Waals surface area contributed by atoms with E-state index in [1.807, 2.05) is 37.3 Å². The summed E-state index contributed by atoms with van der Waals surface area (Å²) in [6, 6.07) is 16.6. The zero-order valence-electron chi connectivity index (χ0n) is 10.7. The monoisotopic (exact) mass is 277 g/mol. The highest BCUT2D eigenvalue weighted by Crippen LogP contribution is 2.41. The van der Waals surface area contributed by atoms with E-state index in [-0.39, 0.29) is 0 Å². The van der Waals surface area contributed by atoms with Crippen molar-refractivity contribution in [3.05, 3.63) is 54.6 Å². The van der Waals surface area contributed by atoms with E-state index in [0.717, 1.165) is 5.75 Å². The lowest BCUT2D eigenvalue weighted by Crippen LogP contribution is -1.99. The van der Waals surface area contributed by atoms with Crippen molar-refractivity contribution in [3.8, 4) is 11.5 Å². The van der Waals surface area contributed by atoms with Crippen molar-refractivity contribution in [3.63, 3.8) is 0 Å². The Labute approximate surface area is 114 Å². The lowest BCUT2D eigenvalue weighted by Gasteiger charge is -2.16. The van der Waals surface area contributed by atoms with E-state index in [1.165, 1.54) is 0 Å². The van der Waals surface area contributed by atoms with E-state index in [2.05, 4.69) is 0 Å². The largest absolute Gasteiger partial charge is 0.463 e. The molecule has 0 aliphatic carbocycles. The minimum absolute atomic E-state index is 0.521. The van der Waals surface area contributed by atoms with Crippen molar-refractivity contribution in [1.29, 1.82) is 0 Å². The molecule has 0 saturated carbocycles. The molecule has 2 N–H and O–H groups in total. The predicted octanol–water partition coefficient (Wildman–Crippen LogP) is 3.99. The van der Waals surface area contributed by atoms with Crippen molar-refractivity contribution >= 4 is 14.3 Å². The van der Waals surface area contributed by atoms with Gasteiger partial charge in [-0.2, -0.15) is 0 Å². The third kappa shape index (κ3) is 4.43. The van der Waals surface area contributed by atoms with Gasteiger partial charge in [-0.1, -0.05) is 18.2 Å². The van der Waals surface area contributed by atoms with Gasteiger partial charge in [-0.15, -0.1) is 0 Å². The first kappa shape index (κ1) is 13.7. The fraction of sp³-hybridized carbons (Fsp3) is 0.143. The number of para-hydroxylation sites is 1. The van der Waals surface area contributed by atoms with E-state index >= 15 is 0 Å². The van der Waals surface area contributed by atoms with E-state index in [0.29, 0.717) is 18.0 Å². The molecule has 0 aromatic heterocycles. The Hall–Kier alpha value is -1.77. The molecule has 0 fully saturated rings. The number of nitrogen functional groups attached to an aromatic ring is 1. The Kier molecular flexibility index (Phi) is 5.01. The van der Waals surface area contributed by atoms with E-state index in [9.17, 15) is 0 Å². The molecule has 0 aliphatic heterocycles. The van der Waals surface area contributed by atoms with Crippen LogP contribution in [0.1, 0.15) is 6.92 Å². The standard InChI is InChI=1S/C14H16NO3P/c1-2-16-19(17-13-6-4-3-5-7-13)18-14-10-8-12(15)9-11-14/h3-11H,2,15H2,1H3. The Morgan fingerprint density at radius 2 is 1.47 bits per heavy atom. The average molecular weight is 277 g/mol. The van der Waals surface area contributed by atoms with E-state index < -0.39 is 8.60 Å². The summed E-state index contributed by atoms with van der Waals surface area (Å²) < 4.78 is 16.8. The van der Waals surface area contributed by atoms with Gasteiger partial charge in [-0.3, -0.25) is 4.52 Å². The molecule has 19 heavy (non-hydrogen) atoms. The van der Waals surface area contributed by atoms with Crippen molar-refractivity contribution < 1.29 is 13.6 Å². The van der Waals surface area contributed by atoms with Crippen molar-refractivity contribution in [1.82, 2.24) is 0 Å².